The van der Waals surface area contributed by atoms with E-state index in [9.17, 15) is 4.79 Å². The molecule has 1 N–H and O–H groups in total. The lowest BCUT2D eigenvalue weighted by atomic mass is 10.1. The van der Waals surface area contributed by atoms with Gasteiger partial charge in [-0.25, -0.2) is 0 Å². The second-order valence-corrected chi connectivity index (χ2v) is 5.31. The third-order valence-electron chi connectivity index (χ3n) is 3.02. The number of anilines is 1. The zero-order valence-corrected chi connectivity index (χ0v) is 13.1. The first-order chi connectivity index (χ1) is 10.5. The Bertz CT molecular complexity index is 751. The van der Waals surface area contributed by atoms with Crippen molar-refractivity contribution in [2.45, 2.75) is 20.3 Å². The van der Waals surface area contributed by atoms with E-state index in [4.69, 9.17) is 21.6 Å². The summed E-state index contributed by atoms with van der Waals surface area (Å²) in [5.41, 5.74) is 2.63. The molecule has 0 aromatic heterocycles. The minimum Gasteiger partial charge on any atom is -0.456 e. The summed E-state index contributed by atoms with van der Waals surface area (Å²) in [6, 6.07) is 12.7. The topological polar surface area (TPSA) is 62.1 Å². The van der Waals surface area contributed by atoms with Crippen LogP contribution in [0.25, 0.3) is 0 Å². The zero-order valence-electron chi connectivity index (χ0n) is 12.3. The van der Waals surface area contributed by atoms with E-state index in [2.05, 4.69) is 5.32 Å². The number of rotatable bonds is 4. The van der Waals surface area contributed by atoms with Crippen LogP contribution in [0.3, 0.4) is 0 Å². The van der Waals surface area contributed by atoms with Gasteiger partial charge in [-0.2, -0.15) is 5.26 Å². The molecule has 0 atom stereocenters. The van der Waals surface area contributed by atoms with Crippen molar-refractivity contribution in [3.63, 3.8) is 0 Å². The molecule has 5 heteroatoms. The van der Waals surface area contributed by atoms with Gasteiger partial charge in [-0.3, -0.25) is 4.79 Å². The SMILES string of the molecule is Cc1ccc(C)c(Oc2ccc(NC(=O)CC#N)cc2Cl)c1. The molecule has 2 aromatic rings. The minimum absolute atomic E-state index is 0.196. The summed E-state index contributed by atoms with van der Waals surface area (Å²) in [7, 11) is 0. The van der Waals surface area contributed by atoms with Gasteiger partial charge < -0.3 is 10.1 Å². The van der Waals surface area contributed by atoms with E-state index in [1.165, 1.54) is 0 Å². The van der Waals surface area contributed by atoms with E-state index in [0.29, 0.717) is 16.5 Å². The third-order valence-corrected chi connectivity index (χ3v) is 3.31. The lowest BCUT2D eigenvalue weighted by Gasteiger charge is -2.12. The van der Waals surface area contributed by atoms with Crippen LogP contribution >= 0.6 is 11.6 Å². The van der Waals surface area contributed by atoms with Gasteiger partial charge in [0.1, 0.15) is 17.9 Å². The number of aryl methyl sites for hydroxylation is 2. The summed E-state index contributed by atoms with van der Waals surface area (Å²) >= 11 is 6.19. The number of nitriles is 1. The van der Waals surface area contributed by atoms with E-state index in [1.54, 1.807) is 24.3 Å². The zero-order chi connectivity index (χ0) is 16.1. The Labute approximate surface area is 134 Å². The van der Waals surface area contributed by atoms with Crippen molar-refractivity contribution in [2.24, 2.45) is 0 Å². The smallest absolute Gasteiger partial charge is 0.238 e. The van der Waals surface area contributed by atoms with E-state index in [0.717, 1.165) is 16.9 Å². The summed E-state index contributed by atoms with van der Waals surface area (Å²) in [6.45, 7) is 3.95. The largest absolute Gasteiger partial charge is 0.456 e. The number of hydrogen-bond acceptors (Lipinski definition) is 3. The molecule has 112 valence electrons. The number of carbonyl (C=O) groups is 1. The fraction of sp³-hybridized carbons (Fsp3) is 0.176. The van der Waals surface area contributed by atoms with E-state index in [-0.39, 0.29) is 12.3 Å². The molecular formula is C17H15ClN2O2. The summed E-state index contributed by atoms with van der Waals surface area (Å²) in [5.74, 6) is 0.874. The highest BCUT2D eigenvalue weighted by Gasteiger charge is 2.08. The van der Waals surface area contributed by atoms with Crippen LogP contribution in [0.1, 0.15) is 17.5 Å². The number of amides is 1. The third kappa shape index (κ3) is 4.00. The van der Waals surface area contributed by atoms with Crippen molar-refractivity contribution in [3.8, 4) is 17.6 Å². The van der Waals surface area contributed by atoms with Gasteiger partial charge in [0.05, 0.1) is 11.1 Å². The molecule has 0 heterocycles. The number of benzene rings is 2. The van der Waals surface area contributed by atoms with Crippen molar-refractivity contribution in [1.82, 2.24) is 0 Å². The van der Waals surface area contributed by atoms with E-state index in [1.807, 2.05) is 32.0 Å². The Balaban J connectivity index is 2.18. The molecule has 0 fully saturated rings. The average Bonchev–Trinajstić information content (AvgIpc) is 2.46. The number of hydrogen-bond donors (Lipinski definition) is 1. The van der Waals surface area contributed by atoms with Crippen LogP contribution in [0.5, 0.6) is 11.5 Å². The van der Waals surface area contributed by atoms with Crippen LogP contribution < -0.4 is 10.1 Å². The van der Waals surface area contributed by atoms with Gasteiger partial charge in [0, 0.05) is 5.69 Å². The van der Waals surface area contributed by atoms with E-state index >= 15 is 0 Å². The lowest BCUT2D eigenvalue weighted by molar-refractivity contribution is -0.115. The monoisotopic (exact) mass is 314 g/mol. The molecule has 2 rings (SSSR count). The van der Waals surface area contributed by atoms with Crippen LogP contribution in [0.4, 0.5) is 5.69 Å². The molecule has 22 heavy (non-hydrogen) atoms. The highest BCUT2D eigenvalue weighted by molar-refractivity contribution is 6.32. The predicted molar refractivity (Wildman–Crippen MR) is 86.3 cm³/mol. The van der Waals surface area contributed by atoms with Gasteiger partial charge in [0.2, 0.25) is 5.91 Å². The quantitative estimate of drug-likeness (QED) is 0.897. The minimum atomic E-state index is -0.373. The molecule has 0 saturated carbocycles. The molecule has 0 spiro atoms. The number of nitrogens with one attached hydrogen (secondary N) is 1. The second-order valence-electron chi connectivity index (χ2n) is 4.90. The molecular weight excluding hydrogens is 300 g/mol. The Hall–Kier alpha value is -2.51. The summed E-state index contributed by atoms with van der Waals surface area (Å²) in [4.78, 5) is 11.4. The fourth-order valence-electron chi connectivity index (χ4n) is 1.87. The maximum absolute atomic E-state index is 11.4. The number of carbonyl (C=O) groups excluding carboxylic acids is 1. The Morgan fingerprint density at radius 1 is 1.23 bits per heavy atom. The van der Waals surface area contributed by atoms with Crippen LogP contribution in [0.2, 0.25) is 5.02 Å². The predicted octanol–water partition coefficient (Wildman–Crippen LogP) is 4.60. The average molecular weight is 315 g/mol. The normalized spacial score (nSPS) is 9.91. The van der Waals surface area contributed by atoms with Crippen LogP contribution in [-0.2, 0) is 4.79 Å². The Kier molecular flexibility index (Phi) is 5.03. The van der Waals surface area contributed by atoms with Crippen molar-refractivity contribution < 1.29 is 9.53 Å². The first kappa shape index (κ1) is 15.9. The summed E-state index contributed by atoms with van der Waals surface area (Å²) in [5, 5.41) is 11.4. The summed E-state index contributed by atoms with van der Waals surface area (Å²) < 4.78 is 5.83. The molecule has 0 radical (unpaired) electrons. The second kappa shape index (κ2) is 6.97. The molecule has 4 nitrogen and oxygen atoms in total. The molecule has 2 aromatic carbocycles. The molecule has 0 aliphatic rings. The van der Waals surface area contributed by atoms with Crippen molar-refractivity contribution in [1.29, 1.82) is 5.26 Å². The lowest BCUT2D eigenvalue weighted by Crippen LogP contribution is -2.09. The van der Waals surface area contributed by atoms with Crippen LogP contribution in [0, 0.1) is 25.2 Å². The van der Waals surface area contributed by atoms with Crippen molar-refractivity contribution >= 4 is 23.2 Å². The first-order valence-electron chi connectivity index (χ1n) is 6.71. The highest BCUT2D eigenvalue weighted by Crippen LogP contribution is 2.33. The maximum atomic E-state index is 11.4. The first-order valence-corrected chi connectivity index (χ1v) is 7.09. The molecule has 1 amide bonds. The molecule has 0 saturated heterocycles. The van der Waals surface area contributed by atoms with Gasteiger partial charge in [-0.15, -0.1) is 0 Å². The van der Waals surface area contributed by atoms with Crippen LogP contribution in [-0.4, -0.2) is 5.91 Å². The number of ether oxygens (including phenoxy) is 1. The van der Waals surface area contributed by atoms with Gasteiger partial charge in [-0.1, -0.05) is 23.7 Å². The Morgan fingerprint density at radius 3 is 2.68 bits per heavy atom. The van der Waals surface area contributed by atoms with Crippen LogP contribution in [0.15, 0.2) is 36.4 Å². The molecule has 0 aliphatic carbocycles. The molecule has 0 unspecified atom stereocenters. The van der Waals surface area contributed by atoms with Gasteiger partial charge >= 0.3 is 0 Å². The fourth-order valence-corrected chi connectivity index (χ4v) is 2.09. The number of nitrogens with zero attached hydrogens (tertiary/aromatic N) is 1. The molecule has 0 bridgehead atoms. The van der Waals surface area contributed by atoms with Crippen molar-refractivity contribution in [3.05, 3.63) is 52.5 Å². The molecule has 0 aliphatic heterocycles. The van der Waals surface area contributed by atoms with Gasteiger partial charge in [0.15, 0.2) is 0 Å². The highest BCUT2D eigenvalue weighted by atomic mass is 35.5. The van der Waals surface area contributed by atoms with Gasteiger partial charge in [0.25, 0.3) is 0 Å². The van der Waals surface area contributed by atoms with Gasteiger partial charge in [-0.05, 0) is 49.2 Å². The van der Waals surface area contributed by atoms with Crippen molar-refractivity contribution in [2.75, 3.05) is 5.32 Å². The maximum Gasteiger partial charge on any atom is 0.238 e. The Morgan fingerprint density at radius 2 is 2.00 bits per heavy atom. The number of halogens is 1. The van der Waals surface area contributed by atoms with E-state index < -0.39 is 0 Å². The summed E-state index contributed by atoms with van der Waals surface area (Å²) in [6.07, 6.45) is -0.196. The standard InChI is InChI=1S/C17H15ClN2O2/c1-11-3-4-12(2)16(9-11)22-15-6-5-13(10-14(15)18)20-17(21)7-8-19/h3-6,9-10H,7H2,1-2H3,(H,20,21).